The van der Waals surface area contributed by atoms with Crippen molar-refractivity contribution in [2.75, 3.05) is 14.2 Å². The lowest BCUT2D eigenvalue weighted by molar-refractivity contribution is -0.244. The van der Waals surface area contributed by atoms with Crippen LogP contribution in [0.15, 0.2) is 11.6 Å². The first-order valence-corrected chi connectivity index (χ1v) is 16.6. The maximum Gasteiger partial charge on any atom is 0.312 e. The third-order valence-electron chi connectivity index (χ3n) is 14.2. The van der Waals surface area contributed by atoms with E-state index in [0.29, 0.717) is 31.6 Å². The van der Waals surface area contributed by atoms with E-state index in [9.17, 15) is 19.2 Å². The second kappa shape index (κ2) is 10.6. The molecule has 0 amide bonds. The van der Waals surface area contributed by atoms with Gasteiger partial charge in [-0.05, 0) is 98.7 Å². The summed E-state index contributed by atoms with van der Waals surface area (Å²) in [6, 6.07) is 0. The zero-order chi connectivity index (χ0) is 32.7. The standard InChI is InChI=1S/C36H54O8/c1-21(37)43-25-20-33(6)26(31(3,4)28(25)44-22(2)38)13-14-35(8)27(33)12-11-23-24-19-32(5,29(39)41-9)15-17-36(24,30(40)42-10)18-16-34(23,35)7/h11,24-28H,12-20H2,1-10H3. The molecule has 8 heteroatoms. The topological polar surface area (TPSA) is 105 Å². The van der Waals surface area contributed by atoms with Gasteiger partial charge < -0.3 is 18.9 Å². The second-order valence-electron chi connectivity index (χ2n) is 16.5. The average molecular weight is 615 g/mol. The quantitative estimate of drug-likeness (QED) is 0.199. The van der Waals surface area contributed by atoms with Crippen LogP contribution in [0.4, 0.5) is 0 Å². The Kier molecular flexibility index (Phi) is 7.94. The Hall–Kier alpha value is -2.38. The van der Waals surface area contributed by atoms with Gasteiger partial charge in [-0.3, -0.25) is 19.2 Å². The van der Waals surface area contributed by atoms with Crippen molar-refractivity contribution in [3.05, 3.63) is 11.6 Å². The van der Waals surface area contributed by atoms with E-state index >= 15 is 0 Å². The lowest BCUT2D eigenvalue weighted by Gasteiger charge is -2.71. The van der Waals surface area contributed by atoms with Crippen LogP contribution in [0.2, 0.25) is 0 Å². The van der Waals surface area contributed by atoms with E-state index in [1.165, 1.54) is 33.6 Å². The normalized spacial score (nSPS) is 45.6. The fourth-order valence-corrected chi connectivity index (χ4v) is 11.9. The molecule has 0 radical (unpaired) electrons. The van der Waals surface area contributed by atoms with Crippen LogP contribution in [-0.4, -0.2) is 50.3 Å². The Bertz CT molecular complexity index is 1270. The summed E-state index contributed by atoms with van der Waals surface area (Å²) in [7, 11) is 2.93. The summed E-state index contributed by atoms with van der Waals surface area (Å²) in [4.78, 5) is 51.2. The van der Waals surface area contributed by atoms with Gasteiger partial charge in [-0.2, -0.15) is 0 Å². The highest BCUT2D eigenvalue weighted by atomic mass is 16.6. The summed E-state index contributed by atoms with van der Waals surface area (Å²) < 4.78 is 22.6. The molecule has 0 N–H and O–H groups in total. The number of carbonyl (C=O) groups is 4. The maximum absolute atomic E-state index is 13.6. The number of ether oxygens (including phenoxy) is 4. The molecule has 5 aliphatic rings. The first kappa shape index (κ1) is 33.0. The van der Waals surface area contributed by atoms with Gasteiger partial charge in [0.2, 0.25) is 0 Å². The summed E-state index contributed by atoms with van der Waals surface area (Å²) in [5, 5.41) is 0. The summed E-state index contributed by atoms with van der Waals surface area (Å²) in [5.74, 6) is -0.629. The third-order valence-corrected chi connectivity index (χ3v) is 14.2. The molecule has 10 unspecified atom stereocenters. The minimum Gasteiger partial charge on any atom is -0.469 e. The summed E-state index contributed by atoms with van der Waals surface area (Å²) >= 11 is 0. The highest BCUT2D eigenvalue weighted by Gasteiger charge is 2.71. The van der Waals surface area contributed by atoms with Crippen LogP contribution in [0.3, 0.4) is 0 Å². The fraction of sp³-hybridized carbons (Fsp3) is 0.833. The molecule has 0 heterocycles. The van der Waals surface area contributed by atoms with Crippen LogP contribution < -0.4 is 0 Å². The number of esters is 4. The van der Waals surface area contributed by atoms with Gasteiger partial charge in [0.05, 0.1) is 25.0 Å². The molecule has 8 nitrogen and oxygen atoms in total. The minimum absolute atomic E-state index is 0.0884. The monoisotopic (exact) mass is 614 g/mol. The number of hydrogen-bond donors (Lipinski definition) is 0. The highest BCUT2D eigenvalue weighted by Crippen LogP contribution is 2.76. The predicted molar refractivity (Wildman–Crippen MR) is 164 cm³/mol. The number of rotatable bonds is 4. The van der Waals surface area contributed by atoms with E-state index in [-0.39, 0.29) is 52.0 Å². The van der Waals surface area contributed by atoms with Crippen LogP contribution in [0.5, 0.6) is 0 Å². The molecule has 0 bridgehead atoms. The van der Waals surface area contributed by atoms with Crippen LogP contribution >= 0.6 is 0 Å². The lowest BCUT2D eigenvalue weighted by atomic mass is 9.33. The number of fused-ring (bicyclic) bond motifs is 7. The van der Waals surface area contributed by atoms with Gasteiger partial charge in [0.1, 0.15) is 12.2 Å². The maximum atomic E-state index is 13.6. The zero-order valence-corrected chi connectivity index (χ0v) is 28.6. The summed E-state index contributed by atoms with van der Waals surface area (Å²) in [6.45, 7) is 16.4. The molecular formula is C36H54O8. The predicted octanol–water partition coefficient (Wildman–Crippen LogP) is 6.59. The van der Waals surface area contributed by atoms with Crippen molar-refractivity contribution in [3.8, 4) is 0 Å². The molecule has 0 aliphatic heterocycles. The van der Waals surface area contributed by atoms with E-state index in [1.807, 2.05) is 6.92 Å². The van der Waals surface area contributed by atoms with Crippen LogP contribution in [0.1, 0.15) is 113 Å². The van der Waals surface area contributed by atoms with Crippen molar-refractivity contribution in [1.82, 2.24) is 0 Å². The molecule has 0 spiro atoms. The molecule has 0 aromatic carbocycles. The summed E-state index contributed by atoms with van der Waals surface area (Å²) in [5.41, 5.74) is -0.834. The van der Waals surface area contributed by atoms with Crippen molar-refractivity contribution in [3.63, 3.8) is 0 Å². The summed E-state index contributed by atoms with van der Waals surface area (Å²) in [6.07, 6.45) is 8.22. The molecule has 246 valence electrons. The molecule has 10 atom stereocenters. The molecule has 0 aromatic rings. The smallest absolute Gasteiger partial charge is 0.312 e. The largest absolute Gasteiger partial charge is 0.469 e. The second-order valence-corrected chi connectivity index (χ2v) is 16.5. The van der Waals surface area contributed by atoms with Gasteiger partial charge in [-0.25, -0.2) is 0 Å². The average Bonchev–Trinajstić information content (AvgIpc) is 2.94. The fourth-order valence-electron chi connectivity index (χ4n) is 11.9. The Morgan fingerprint density at radius 1 is 0.750 bits per heavy atom. The van der Waals surface area contributed by atoms with Gasteiger partial charge in [-0.1, -0.05) is 46.3 Å². The van der Waals surface area contributed by atoms with Crippen molar-refractivity contribution >= 4 is 23.9 Å². The molecule has 4 saturated carbocycles. The number of methoxy groups -OCH3 is 2. The molecule has 44 heavy (non-hydrogen) atoms. The zero-order valence-electron chi connectivity index (χ0n) is 28.6. The van der Waals surface area contributed by atoms with Crippen LogP contribution in [0, 0.1) is 50.2 Å². The van der Waals surface area contributed by atoms with E-state index in [0.717, 1.165) is 32.1 Å². The number of hydrogen-bond acceptors (Lipinski definition) is 8. The Morgan fingerprint density at radius 2 is 1.36 bits per heavy atom. The third kappa shape index (κ3) is 4.42. The molecule has 4 fully saturated rings. The van der Waals surface area contributed by atoms with E-state index in [4.69, 9.17) is 18.9 Å². The van der Waals surface area contributed by atoms with Crippen molar-refractivity contribution < 1.29 is 38.1 Å². The van der Waals surface area contributed by atoms with Crippen molar-refractivity contribution in [2.45, 2.75) is 125 Å². The molecule has 0 aromatic heterocycles. The molecule has 5 rings (SSSR count). The van der Waals surface area contributed by atoms with Crippen LogP contribution in [0.25, 0.3) is 0 Å². The van der Waals surface area contributed by atoms with E-state index < -0.39 is 28.5 Å². The Morgan fingerprint density at radius 3 is 1.95 bits per heavy atom. The van der Waals surface area contributed by atoms with Gasteiger partial charge in [0, 0.05) is 19.3 Å². The Labute approximate surface area is 263 Å². The SMILES string of the molecule is COC(=O)C1(C)CCC2(C(=O)OC)CCC3(C)C(=CCC4C5(C)CC(OC(C)=O)C(OC(C)=O)C(C)(C)C5CCC43C)C2C1. The lowest BCUT2D eigenvalue weighted by Crippen LogP contribution is -2.67. The van der Waals surface area contributed by atoms with Crippen molar-refractivity contribution in [2.24, 2.45) is 50.2 Å². The van der Waals surface area contributed by atoms with Gasteiger partial charge in [0.25, 0.3) is 0 Å². The van der Waals surface area contributed by atoms with Crippen molar-refractivity contribution in [1.29, 1.82) is 0 Å². The first-order chi connectivity index (χ1) is 20.4. The van der Waals surface area contributed by atoms with Gasteiger partial charge in [0.15, 0.2) is 0 Å². The van der Waals surface area contributed by atoms with Crippen LogP contribution in [-0.2, 0) is 38.1 Å². The molecule has 0 saturated heterocycles. The number of allylic oxidation sites excluding steroid dienone is 2. The molecular weight excluding hydrogens is 560 g/mol. The first-order valence-electron chi connectivity index (χ1n) is 16.6. The molecule has 5 aliphatic carbocycles. The van der Waals surface area contributed by atoms with Gasteiger partial charge in [-0.15, -0.1) is 0 Å². The Balaban J connectivity index is 1.60. The van der Waals surface area contributed by atoms with Gasteiger partial charge >= 0.3 is 23.9 Å². The van der Waals surface area contributed by atoms with E-state index in [2.05, 4.69) is 40.7 Å². The van der Waals surface area contributed by atoms with E-state index in [1.54, 1.807) is 0 Å². The minimum atomic E-state index is -0.659. The number of carbonyl (C=O) groups excluding carboxylic acids is 4. The highest BCUT2D eigenvalue weighted by molar-refractivity contribution is 5.81.